The second-order valence-electron chi connectivity index (χ2n) is 5.96. The van der Waals surface area contributed by atoms with Gasteiger partial charge >= 0.3 is 0 Å². The number of aliphatic hydroxyl groups is 1. The average Bonchev–Trinajstić information content (AvgIpc) is 3.27. The van der Waals surface area contributed by atoms with E-state index in [0.29, 0.717) is 6.10 Å². The van der Waals surface area contributed by atoms with Gasteiger partial charge in [-0.05, 0) is 37.0 Å². The fourth-order valence-electron chi connectivity index (χ4n) is 2.43. The number of benzene rings is 1. The van der Waals surface area contributed by atoms with Crippen molar-refractivity contribution in [2.75, 3.05) is 0 Å². The fraction of sp³-hybridized carbons (Fsp3) is 0.667. The van der Waals surface area contributed by atoms with E-state index >= 15 is 0 Å². The lowest BCUT2D eigenvalue weighted by Crippen LogP contribution is -1.99. The Morgan fingerprint density at radius 1 is 1.05 bits per heavy atom. The van der Waals surface area contributed by atoms with Crippen LogP contribution in [0.15, 0.2) is 24.3 Å². The van der Waals surface area contributed by atoms with Crippen molar-refractivity contribution in [2.45, 2.75) is 76.9 Å². The van der Waals surface area contributed by atoms with Gasteiger partial charge in [-0.15, -0.1) is 0 Å². The van der Waals surface area contributed by atoms with E-state index in [-0.39, 0.29) is 6.10 Å². The molecule has 1 aliphatic carbocycles. The highest BCUT2D eigenvalue weighted by molar-refractivity contribution is 5.29. The molecule has 0 heterocycles. The van der Waals surface area contributed by atoms with Crippen molar-refractivity contribution in [3.05, 3.63) is 29.8 Å². The summed E-state index contributed by atoms with van der Waals surface area (Å²) in [5.74, 6) is 0.933. The molecule has 20 heavy (non-hydrogen) atoms. The first-order chi connectivity index (χ1) is 9.79. The molecule has 0 spiro atoms. The summed E-state index contributed by atoms with van der Waals surface area (Å²) >= 11 is 0. The van der Waals surface area contributed by atoms with Crippen LogP contribution in [0.1, 0.15) is 76.4 Å². The standard InChI is InChI=1S/C18H28O2/c1-2-3-4-5-6-7-8-18(19)15-9-11-16(12-10-15)20-17-13-14-17/h9-12,17-19H,2-8,13-14H2,1H3. The van der Waals surface area contributed by atoms with Gasteiger partial charge in [0.1, 0.15) is 5.75 Å². The van der Waals surface area contributed by atoms with E-state index in [4.69, 9.17) is 4.74 Å². The quantitative estimate of drug-likeness (QED) is 0.608. The van der Waals surface area contributed by atoms with Crippen LogP contribution in [0.25, 0.3) is 0 Å². The minimum absolute atomic E-state index is 0.323. The van der Waals surface area contributed by atoms with Crippen molar-refractivity contribution in [2.24, 2.45) is 0 Å². The fourth-order valence-corrected chi connectivity index (χ4v) is 2.43. The maximum atomic E-state index is 10.2. The second-order valence-corrected chi connectivity index (χ2v) is 5.96. The first kappa shape index (κ1) is 15.4. The third-order valence-electron chi connectivity index (χ3n) is 3.92. The minimum Gasteiger partial charge on any atom is -0.490 e. The molecule has 1 unspecified atom stereocenters. The van der Waals surface area contributed by atoms with Gasteiger partial charge in [0.15, 0.2) is 0 Å². The molecule has 1 fully saturated rings. The molecular formula is C18H28O2. The molecule has 112 valence electrons. The number of hydrogen-bond acceptors (Lipinski definition) is 2. The molecular weight excluding hydrogens is 248 g/mol. The topological polar surface area (TPSA) is 29.5 Å². The van der Waals surface area contributed by atoms with Gasteiger partial charge in [0.25, 0.3) is 0 Å². The largest absolute Gasteiger partial charge is 0.490 e. The van der Waals surface area contributed by atoms with Crippen LogP contribution in [0.2, 0.25) is 0 Å². The van der Waals surface area contributed by atoms with E-state index in [0.717, 1.165) is 24.2 Å². The lowest BCUT2D eigenvalue weighted by atomic mass is 10.0. The third-order valence-corrected chi connectivity index (χ3v) is 3.92. The molecule has 1 aromatic carbocycles. The highest BCUT2D eigenvalue weighted by Gasteiger charge is 2.23. The van der Waals surface area contributed by atoms with Crippen molar-refractivity contribution in [3.8, 4) is 5.75 Å². The Balaban J connectivity index is 1.64. The van der Waals surface area contributed by atoms with E-state index in [1.165, 1.54) is 44.9 Å². The van der Waals surface area contributed by atoms with Crippen LogP contribution in [0, 0.1) is 0 Å². The van der Waals surface area contributed by atoms with E-state index in [1.807, 2.05) is 24.3 Å². The molecule has 1 aromatic rings. The van der Waals surface area contributed by atoms with E-state index in [1.54, 1.807) is 0 Å². The number of aliphatic hydroxyl groups excluding tert-OH is 1. The highest BCUT2D eigenvalue weighted by Crippen LogP contribution is 2.28. The van der Waals surface area contributed by atoms with Gasteiger partial charge in [0.2, 0.25) is 0 Å². The van der Waals surface area contributed by atoms with Gasteiger partial charge in [-0.3, -0.25) is 0 Å². The summed E-state index contributed by atoms with van der Waals surface area (Å²) in [5.41, 5.74) is 1.02. The predicted octanol–water partition coefficient (Wildman–Crippen LogP) is 5.01. The van der Waals surface area contributed by atoms with E-state index in [9.17, 15) is 5.11 Å². The summed E-state index contributed by atoms with van der Waals surface area (Å²) in [5, 5.41) is 10.2. The summed E-state index contributed by atoms with van der Waals surface area (Å²) in [4.78, 5) is 0. The van der Waals surface area contributed by atoms with Crippen molar-refractivity contribution in [1.82, 2.24) is 0 Å². The van der Waals surface area contributed by atoms with Crippen LogP contribution in [-0.4, -0.2) is 11.2 Å². The average molecular weight is 276 g/mol. The first-order valence-electron chi connectivity index (χ1n) is 8.24. The van der Waals surface area contributed by atoms with Crippen molar-refractivity contribution >= 4 is 0 Å². The van der Waals surface area contributed by atoms with Crippen molar-refractivity contribution in [1.29, 1.82) is 0 Å². The molecule has 2 nitrogen and oxygen atoms in total. The zero-order valence-electron chi connectivity index (χ0n) is 12.7. The summed E-state index contributed by atoms with van der Waals surface area (Å²) in [6.45, 7) is 2.24. The number of unbranched alkanes of at least 4 members (excludes halogenated alkanes) is 5. The van der Waals surface area contributed by atoms with E-state index in [2.05, 4.69) is 6.92 Å². The summed E-state index contributed by atoms with van der Waals surface area (Å²) in [7, 11) is 0. The van der Waals surface area contributed by atoms with Crippen LogP contribution in [0.4, 0.5) is 0 Å². The third kappa shape index (κ3) is 5.54. The normalized spacial score (nSPS) is 16.1. The Bertz CT molecular complexity index is 368. The Labute approximate surface area is 123 Å². The SMILES string of the molecule is CCCCCCCCC(O)c1ccc(OC2CC2)cc1. The van der Waals surface area contributed by atoms with Crippen molar-refractivity contribution in [3.63, 3.8) is 0 Å². The van der Waals surface area contributed by atoms with Crippen LogP contribution in [0.3, 0.4) is 0 Å². The lowest BCUT2D eigenvalue weighted by Gasteiger charge is -2.12. The monoisotopic (exact) mass is 276 g/mol. The Kier molecular flexibility index (Phi) is 6.38. The Hall–Kier alpha value is -1.02. The lowest BCUT2D eigenvalue weighted by molar-refractivity contribution is 0.163. The molecule has 2 rings (SSSR count). The Morgan fingerprint density at radius 3 is 2.35 bits per heavy atom. The molecule has 0 radical (unpaired) electrons. The molecule has 0 aromatic heterocycles. The minimum atomic E-state index is -0.323. The van der Waals surface area contributed by atoms with Crippen molar-refractivity contribution < 1.29 is 9.84 Å². The maximum absolute atomic E-state index is 10.2. The molecule has 1 N–H and O–H groups in total. The molecule has 2 heteroatoms. The zero-order valence-corrected chi connectivity index (χ0v) is 12.7. The van der Waals surface area contributed by atoms with Gasteiger partial charge in [-0.2, -0.15) is 0 Å². The van der Waals surface area contributed by atoms with Crippen LogP contribution in [0.5, 0.6) is 5.75 Å². The molecule has 1 atom stereocenters. The van der Waals surface area contributed by atoms with Gasteiger partial charge in [0.05, 0.1) is 12.2 Å². The number of rotatable bonds is 10. The second kappa shape index (κ2) is 8.31. The van der Waals surface area contributed by atoms with Crippen LogP contribution >= 0.6 is 0 Å². The Morgan fingerprint density at radius 2 is 1.70 bits per heavy atom. The molecule has 1 aliphatic rings. The molecule has 0 bridgehead atoms. The zero-order chi connectivity index (χ0) is 14.2. The molecule has 0 aliphatic heterocycles. The van der Waals surface area contributed by atoms with Crippen LogP contribution in [-0.2, 0) is 0 Å². The summed E-state index contributed by atoms with van der Waals surface area (Å²) in [6, 6.07) is 7.97. The molecule has 0 saturated heterocycles. The number of hydrogen-bond donors (Lipinski definition) is 1. The van der Waals surface area contributed by atoms with Gasteiger partial charge < -0.3 is 9.84 Å². The first-order valence-corrected chi connectivity index (χ1v) is 8.24. The molecule has 1 saturated carbocycles. The van der Waals surface area contributed by atoms with Gasteiger partial charge in [-0.1, -0.05) is 57.6 Å². The summed E-state index contributed by atoms with van der Waals surface area (Å²) < 4.78 is 5.71. The van der Waals surface area contributed by atoms with Gasteiger partial charge in [0, 0.05) is 0 Å². The van der Waals surface area contributed by atoms with E-state index < -0.39 is 0 Å². The van der Waals surface area contributed by atoms with Gasteiger partial charge in [-0.25, -0.2) is 0 Å². The maximum Gasteiger partial charge on any atom is 0.119 e. The summed E-state index contributed by atoms with van der Waals surface area (Å²) in [6.07, 6.45) is 11.0. The number of ether oxygens (including phenoxy) is 1. The van der Waals surface area contributed by atoms with Crippen LogP contribution < -0.4 is 4.74 Å². The molecule has 0 amide bonds. The predicted molar refractivity (Wildman–Crippen MR) is 83.0 cm³/mol. The highest BCUT2D eigenvalue weighted by atomic mass is 16.5. The smallest absolute Gasteiger partial charge is 0.119 e.